The Bertz CT molecular complexity index is 1560. The molecule has 0 saturated heterocycles. The summed E-state index contributed by atoms with van der Waals surface area (Å²) < 4.78 is 0. The minimum absolute atomic E-state index is 0.000700. The van der Waals surface area contributed by atoms with E-state index in [0.717, 1.165) is 10.6 Å². The summed E-state index contributed by atoms with van der Waals surface area (Å²) in [5.74, 6) is -1.14. The lowest BCUT2D eigenvalue weighted by Crippen LogP contribution is -2.30. The predicted molar refractivity (Wildman–Crippen MR) is 164 cm³/mol. The Morgan fingerprint density at radius 2 is 1.70 bits per heavy atom. The van der Waals surface area contributed by atoms with Crippen LogP contribution in [-0.4, -0.2) is 28.0 Å². The van der Waals surface area contributed by atoms with Crippen LogP contribution in [0.4, 0.5) is 10.8 Å². The second-order valence-corrected chi connectivity index (χ2v) is 11.7. The molecule has 4 aromatic rings. The molecule has 3 aromatic carbocycles. The van der Waals surface area contributed by atoms with E-state index in [1.807, 2.05) is 19.2 Å². The zero-order valence-electron chi connectivity index (χ0n) is 21.4. The molecule has 7 nitrogen and oxygen atoms in total. The molecule has 0 bridgehead atoms. The predicted octanol–water partition coefficient (Wildman–Crippen LogP) is 7.29. The lowest BCUT2D eigenvalue weighted by Gasteiger charge is -2.13. The van der Waals surface area contributed by atoms with E-state index in [2.05, 4.69) is 20.9 Å². The van der Waals surface area contributed by atoms with Gasteiger partial charge in [0.25, 0.3) is 11.8 Å². The molecule has 0 aliphatic carbocycles. The molecular formula is C29H24Cl2N4O3S2. The zero-order chi connectivity index (χ0) is 28.6. The molecule has 4 rings (SSSR count). The summed E-state index contributed by atoms with van der Waals surface area (Å²) in [6.45, 7) is 3.68. The molecule has 0 radical (unpaired) electrons. The fourth-order valence-electron chi connectivity index (χ4n) is 3.41. The van der Waals surface area contributed by atoms with Gasteiger partial charge in [0.15, 0.2) is 5.13 Å². The van der Waals surface area contributed by atoms with Gasteiger partial charge in [-0.25, -0.2) is 4.98 Å². The maximum Gasteiger partial charge on any atom is 0.272 e. The molecule has 3 amide bonds. The Hall–Kier alpha value is -3.63. The molecule has 3 N–H and O–H groups in total. The number of nitrogens with zero attached hydrogens (tertiary/aromatic N) is 1. The van der Waals surface area contributed by atoms with Gasteiger partial charge in [-0.1, -0.05) is 47.5 Å². The van der Waals surface area contributed by atoms with E-state index in [4.69, 9.17) is 23.2 Å². The van der Waals surface area contributed by atoms with Crippen molar-refractivity contribution >= 4 is 80.9 Å². The molecule has 0 spiro atoms. The molecule has 40 heavy (non-hydrogen) atoms. The van der Waals surface area contributed by atoms with Crippen molar-refractivity contribution in [3.63, 3.8) is 0 Å². The van der Waals surface area contributed by atoms with Crippen molar-refractivity contribution in [1.29, 1.82) is 0 Å². The van der Waals surface area contributed by atoms with E-state index < -0.39 is 11.8 Å². The highest BCUT2D eigenvalue weighted by Gasteiger charge is 2.18. The molecule has 11 heteroatoms. The molecule has 1 aromatic heterocycles. The second-order valence-electron chi connectivity index (χ2n) is 8.57. The topological polar surface area (TPSA) is 100 Å². The molecule has 0 saturated carbocycles. The SMILES string of the molecule is Cc1csc(NC(=O)C(C)Sc2ccc(NC(=O)/C(=C/c3ccc(Cl)cc3Cl)NC(=O)c3ccccc3)cc2)n1. The van der Waals surface area contributed by atoms with Crippen LogP contribution in [-0.2, 0) is 9.59 Å². The van der Waals surface area contributed by atoms with Crippen molar-refractivity contribution in [2.24, 2.45) is 0 Å². The first-order valence-corrected chi connectivity index (χ1v) is 14.5. The number of anilines is 2. The Balaban J connectivity index is 1.46. The summed E-state index contributed by atoms with van der Waals surface area (Å²) in [4.78, 5) is 43.7. The Morgan fingerprint density at radius 3 is 2.35 bits per heavy atom. The average Bonchev–Trinajstić information content (AvgIpc) is 3.35. The number of amides is 3. The van der Waals surface area contributed by atoms with Crippen LogP contribution >= 0.6 is 46.3 Å². The lowest BCUT2D eigenvalue weighted by molar-refractivity contribution is -0.115. The first kappa shape index (κ1) is 29.4. The number of nitrogens with one attached hydrogen (secondary N) is 3. The maximum atomic E-state index is 13.3. The maximum absolute atomic E-state index is 13.3. The van der Waals surface area contributed by atoms with Crippen LogP contribution in [0.25, 0.3) is 6.08 Å². The van der Waals surface area contributed by atoms with E-state index in [-0.39, 0.29) is 16.9 Å². The molecule has 0 aliphatic rings. The molecule has 1 heterocycles. The second kappa shape index (κ2) is 13.6. The average molecular weight is 612 g/mol. The van der Waals surface area contributed by atoms with E-state index in [1.165, 1.54) is 29.2 Å². The summed E-state index contributed by atoms with van der Waals surface area (Å²) in [5, 5.41) is 11.2. The number of halogens is 2. The highest BCUT2D eigenvalue weighted by Crippen LogP contribution is 2.27. The van der Waals surface area contributed by atoms with Crippen LogP contribution in [0, 0.1) is 6.92 Å². The van der Waals surface area contributed by atoms with Gasteiger partial charge in [-0.05, 0) is 74.0 Å². The van der Waals surface area contributed by atoms with E-state index in [1.54, 1.807) is 72.8 Å². The van der Waals surface area contributed by atoms with Crippen LogP contribution in [0.15, 0.2) is 88.8 Å². The number of rotatable bonds is 9. The third kappa shape index (κ3) is 8.19. The molecule has 0 fully saturated rings. The van der Waals surface area contributed by atoms with Crippen molar-refractivity contribution in [3.8, 4) is 0 Å². The number of carbonyl (C=O) groups is 3. The van der Waals surface area contributed by atoms with Gasteiger partial charge in [0, 0.05) is 31.6 Å². The van der Waals surface area contributed by atoms with Crippen molar-refractivity contribution in [3.05, 3.63) is 111 Å². The number of benzene rings is 3. The third-order valence-corrected chi connectivity index (χ3v) is 7.98. The Morgan fingerprint density at radius 1 is 0.975 bits per heavy atom. The number of aromatic nitrogens is 1. The highest BCUT2D eigenvalue weighted by atomic mass is 35.5. The van der Waals surface area contributed by atoms with Gasteiger partial charge in [0.2, 0.25) is 5.91 Å². The number of thioether (sulfide) groups is 1. The normalized spacial score (nSPS) is 11.9. The Labute approximate surface area is 250 Å². The third-order valence-electron chi connectivity index (χ3n) is 5.43. The summed E-state index contributed by atoms with van der Waals surface area (Å²) >= 11 is 15.1. The van der Waals surface area contributed by atoms with Gasteiger partial charge in [-0.15, -0.1) is 23.1 Å². The van der Waals surface area contributed by atoms with Crippen molar-refractivity contribution in [2.45, 2.75) is 24.0 Å². The number of hydrogen-bond donors (Lipinski definition) is 3. The quantitative estimate of drug-likeness (QED) is 0.136. The smallest absolute Gasteiger partial charge is 0.272 e. The minimum Gasteiger partial charge on any atom is -0.321 e. The lowest BCUT2D eigenvalue weighted by atomic mass is 10.1. The molecular weight excluding hydrogens is 587 g/mol. The van der Waals surface area contributed by atoms with Gasteiger partial charge in [0.1, 0.15) is 5.70 Å². The van der Waals surface area contributed by atoms with E-state index >= 15 is 0 Å². The summed E-state index contributed by atoms with van der Waals surface area (Å²) in [5.41, 5.74) is 2.27. The first-order chi connectivity index (χ1) is 19.2. The molecule has 204 valence electrons. The van der Waals surface area contributed by atoms with Gasteiger partial charge >= 0.3 is 0 Å². The summed E-state index contributed by atoms with van der Waals surface area (Å²) in [6, 6.07) is 20.5. The molecule has 1 unspecified atom stereocenters. The van der Waals surface area contributed by atoms with Crippen LogP contribution in [0.3, 0.4) is 0 Å². The summed E-state index contributed by atoms with van der Waals surface area (Å²) in [7, 11) is 0. The van der Waals surface area contributed by atoms with Crippen LogP contribution in [0.2, 0.25) is 10.0 Å². The number of thiazole rings is 1. The fraction of sp³-hybridized carbons (Fsp3) is 0.103. The fourth-order valence-corrected chi connectivity index (χ4v) is 5.43. The standard InChI is InChI=1S/C29H24Cl2N4O3S2/c1-17-16-39-29(32-17)35-26(36)18(2)40-23-12-10-22(11-13-23)33-28(38)25(14-20-8-9-21(30)15-24(20)31)34-27(37)19-6-4-3-5-7-19/h3-16,18H,1-2H3,(H,33,38)(H,34,37)(H,32,35,36)/b25-14-. The minimum atomic E-state index is -0.540. The van der Waals surface area contributed by atoms with Crippen LogP contribution in [0.5, 0.6) is 0 Å². The van der Waals surface area contributed by atoms with Crippen LogP contribution in [0.1, 0.15) is 28.5 Å². The molecule has 1 atom stereocenters. The Kier molecular flexibility index (Phi) is 10.0. The van der Waals surface area contributed by atoms with Crippen molar-refractivity contribution in [2.75, 3.05) is 10.6 Å². The monoisotopic (exact) mass is 610 g/mol. The van der Waals surface area contributed by atoms with Crippen molar-refractivity contribution < 1.29 is 14.4 Å². The largest absolute Gasteiger partial charge is 0.321 e. The summed E-state index contributed by atoms with van der Waals surface area (Å²) in [6.07, 6.45) is 1.49. The van der Waals surface area contributed by atoms with Crippen LogP contribution < -0.4 is 16.0 Å². The van der Waals surface area contributed by atoms with Gasteiger partial charge in [-0.3, -0.25) is 14.4 Å². The number of hydrogen-bond acceptors (Lipinski definition) is 6. The number of aryl methyl sites for hydroxylation is 1. The number of carbonyl (C=O) groups excluding carboxylic acids is 3. The molecule has 0 aliphatic heterocycles. The van der Waals surface area contributed by atoms with Gasteiger partial charge in [-0.2, -0.15) is 0 Å². The zero-order valence-corrected chi connectivity index (χ0v) is 24.5. The van der Waals surface area contributed by atoms with Gasteiger partial charge in [0.05, 0.1) is 10.9 Å². The van der Waals surface area contributed by atoms with E-state index in [0.29, 0.717) is 32.0 Å². The highest BCUT2D eigenvalue weighted by molar-refractivity contribution is 8.00. The van der Waals surface area contributed by atoms with Crippen molar-refractivity contribution in [1.82, 2.24) is 10.3 Å². The van der Waals surface area contributed by atoms with E-state index in [9.17, 15) is 14.4 Å². The first-order valence-electron chi connectivity index (χ1n) is 12.0. The van der Waals surface area contributed by atoms with Gasteiger partial charge < -0.3 is 16.0 Å².